The van der Waals surface area contributed by atoms with Gasteiger partial charge in [-0.05, 0) is 65.7 Å². The molecule has 0 bridgehead atoms. The number of carbonyl (C=O) groups is 3. The highest BCUT2D eigenvalue weighted by molar-refractivity contribution is 6.21. The number of hydrogen-bond acceptors (Lipinski definition) is 7. The fourth-order valence-electron chi connectivity index (χ4n) is 3.79. The summed E-state index contributed by atoms with van der Waals surface area (Å²) >= 11 is 0. The van der Waals surface area contributed by atoms with Crippen LogP contribution in [0.5, 0.6) is 17.2 Å². The van der Waals surface area contributed by atoms with Crippen molar-refractivity contribution in [1.29, 1.82) is 5.26 Å². The van der Waals surface area contributed by atoms with Crippen LogP contribution in [-0.4, -0.2) is 43.4 Å². The summed E-state index contributed by atoms with van der Waals surface area (Å²) in [4.78, 5) is 38.4. The molecule has 2 amide bonds. The van der Waals surface area contributed by atoms with Crippen LogP contribution in [0.2, 0.25) is 0 Å². The minimum absolute atomic E-state index is 0.0955. The largest absolute Gasteiger partial charge is 0.497 e. The van der Waals surface area contributed by atoms with Gasteiger partial charge in [-0.15, -0.1) is 0 Å². The predicted octanol–water partition coefficient (Wildman–Crippen LogP) is 4.36. The van der Waals surface area contributed by atoms with Gasteiger partial charge in [-0.3, -0.25) is 19.3 Å². The third-order valence-electron chi connectivity index (χ3n) is 5.66. The number of ether oxygens (including phenoxy) is 3. The Morgan fingerprint density at radius 2 is 1.58 bits per heavy atom. The molecule has 8 nitrogen and oxygen atoms in total. The zero-order chi connectivity index (χ0) is 25.7. The third kappa shape index (κ3) is 4.95. The number of hydrogen-bond donors (Lipinski definition) is 0. The van der Waals surface area contributed by atoms with Crippen LogP contribution in [0.1, 0.15) is 38.3 Å². The average Bonchev–Trinajstić information content (AvgIpc) is 3.16. The molecule has 0 saturated heterocycles. The topological polar surface area (TPSA) is 106 Å². The first kappa shape index (κ1) is 24.2. The summed E-state index contributed by atoms with van der Waals surface area (Å²) < 4.78 is 15.9. The molecule has 0 unspecified atom stereocenters. The summed E-state index contributed by atoms with van der Waals surface area (Å²) in [5.41, 5.74) is 2.48. The molecule has 180 valence electrons. The van der Waals surface area contributed by atoms with Gasteiger partial charge in [0.1, 0.15) is 5.75 Å². The van der Waals surface area contributed by atoms with Gasteiger partial charge in [-0.25, -0.2) is 0 Å². The molecule has 1 aliphatic rings. The number of amides is 2. The molecular weight excluding hydrogens is 460 g/mol. The first-order valence-corrected chi connectivity index (χ1v) is 11.1. The van der Waals surface area contributed by atoms with E-state index < -0.39 is 17.8 Å². The Morgan fingerprint density at radius 3 is 2.17 bits per heavy atom. The van der Waals surface area contributed by atoms with Crippen LogP contribution in [-0.2, 0) is 4.79 Å². The van der Waals surface area contributed by atoms with Gasteiger partial charge in [0.15, 0.2) is 11.5 Å². The van der Waals surface area contributed by atoms with E-state index in [0.29, 0.717) is 33.8 Å². The normalized spacial score (nSPS) is 12.7. The number of fused-ring (bicyclic) bond motifs is 1. The van der Waals surface area contributed by atoms with E-state index in [0.717, 1.165) is 10.5 Å². The number of imide groups is 1. The Kier molecular flexibility index (Phi) is 7.12. The van der Waals surface area contributed by atoms with E-state index in [9.17, 15) is 19.6 Å². The zero-order valence-electron chi connectivity index (χ0n) is 19.7. The summed E-state index contributed by atoms with van der Waals surface area (Å²) in [6.45, 7) is -0.0955. The summed E-state index contributed by atoms with van der Waals surface area (Å²) in [6.07, 6.45) is 1.52. The molecule has 0 aliphatic carbocycles. The van der Waals surface area contributed by atoms with E-state index >= 15 is 0 Å². The fourth-order valence-corrected chi connectivity index (χ4v) is 3.79. The molecule has 3 aromatic rings. The highest BCUT2D eigenvalue weighted by atomic mass is 16.6. The number of carbonyl (C=O) groups excluding carboxylic acids is 3. The highest BCUT2D eigenvalue weighted by Crippen LogP contribution is 2.31. The second-order valence-corrected chi connectivity index (χ2v) is 7.84. The van der Waals surface area contributed by atoms with Crippen molar-refractivity contribution in [3.05, 3.63) is 89.0 Å². The number of benzene rings is 3. The lowest BCUT2D eigenvalue weighted by molar-refractivity contribution is -0.134. The summed E-state index contributed by atoms with van der Waals surface area (Å²) in [7, 11) is 3.01. The molecule has 0 N–H and O–H groups in total. The Labute approximate surface area is 207 Å². The summed E-state index contributed by atoms with van der Waals surface area (Å²) in [5, 5.41) is 9.61. The van der Waals surface area contributed by atoms with Gasteiger partial charge < -0.3 is 14.2 Å². The zero-order valence-corrected chi connectivity index (χ0v) is 19.7. The molecule has 1 aliphatic heterocycles. The molecule has 0 fully saturated rings. The Bertz CT molecular complexity index is 1370. The first-order valence-electron chi connectivity index (χ1n) is 11.1. The van der Waals surface area contributed by atoms with Crippen molar-refractivity contribution >= 4 is 29.4 Å². The molecule has 0 saturated carbocycles. The lowest BCUT2D eigenvalue weighted by atomic mass is 10.0. The maximum Gasteiger partial charge on any atom is 0.313 e. The SMILES string of the molecule is COc1ccc(/C(C#N)=C\c2ccc(OC(=O)CCN3C(=O)c4ccccc4C3=O)c(OC)c2)cc1. The van der Waals surface area contributed by atoms with E-state index in [1.165, 1.54) is 7.11 Å². The van der Waals surface area contributed by atoms with Crippen molar-refractivity contribution in [3.8, 4) is 23.3 Å². The molecule has 0 atom stereocenters. The van der Waals surface area contributed by atoms with Crippen molar-refractivity contribution in [2.75, 3.05) is 20.8 Å². The van der Waals surface area contributed by atoms with Crippen LogP contribution in [0.4, 0.5) is 0 Å². The van der Waals surface area contributed by atoms with Crippen LogP contribution in [0.25, 0.3) is 11.6 Å². The molecule has 0 aromatic heterocycles. The molecule has 0 radical (unpaired) electrons. The highest BCUT2D eigenvalue weighted by Gasteiger charge is 2.35. The van der Waals surface area contributed by atoms with E-state index in [2.05, 4.69) is 6.07 Å². The maximum atomic E-state index is 12.5. The van der Waals surface area contributed by atoms with Crippen molar-refractivity contribution in [2.24, 2.45) is 0 Å². The van der Waals surface area contributed by atoms with E-state index in [1.807, 2.05) is 0 Å². The van der Waals surface area contributed by atoms with Gasteiger partial charge in [-0.2, -0.15) is 5.26 Å². The van der Waals surface area contributed by atoms with Crippen LogP contribution in [0.3, 0.4) is 0 Å². The van der Waals surface area contributed by atoms with Crippen molar-refractivity contribution < 1.29 is 28.6 Å². The molecule has 8 heteroatoms. The number of methoxy groups -OCH3 is 2. The summed E-state index contributed by atoms with van der Waals surface area (Å²) in [6, 6.07) is 20.7. The molecular formula is C28H22N2O6. The number of esters is 1. The van der Waals surface area contributed by atoms with Gasteiger partial charge in [0, 0.05) is 6.54 Å². The molecule has 36 heavy (non-hydrogen) atoms. The van der Waals surface area contributed by atoms with Crippen molar-refractivity contribution in [1.82, 2.24) is 4.90 Å². The third-order valence-corrected chi connectivity index (χ3v) is 5.66. The first-order chi connectivity index (χ1) is 17.4. The smallest absolute Gasteiger partial charge is 0.313 e. The number of rotatable bonds is 8. The quantitative estimate of drug-likeness (QED) is 0.154. The van der Waals surface area contributed by atoms with E-state index in [4.69, 9.17) is 14.2 Å². The van der Waals surface area contributed by atoms with E-state index in [-0.39, 0.29) is 18.7 Å². The minimum Gasteiger partial charge on any atom is -0.497 e. The van der Waals surface area contributed by atoms with Gasteiger partial charge >= 0.3 is 5.97 Å². The molecule has 1 heterocycles. The average molecular weight is 482 g/mol. The van der Waals surface area contributed by atoms with Gasteiger partial charge in [-0.1, -0.05) is 18.2 Å². The van der Waals surface area contributed by atoms with Crippen molar-refractivity contribution in [2.45, 2.75) is 6.42 Å². The minimum atomic E-state index is -0.621. The van der Waals surface area contributed by atoms with Crippen molar-refractivity contribution in [3.63, 3.8) is 0 Å². The summed E-state index contributed by atoms with van der Waals surface area (Å²) in [5.74, 6) is -0.310. The Balaban J connectivity index is 1.43. The Hall–Kier alpha value is -4.90. The van der Waals surface area contributed by atoms with Crippen LogP contribution >= 0.6 is 0 Å². The van der Waals surface area contributed by atoms with Gasteiger partial charge in [0.2, 0.25) is 0 Å². The van der Waals surface area contributed by atoms with Crippen LogP contribution in [0.15, 0.2) is 66.7 Å². The van der Waals surface area contributed by atoms with E-state index in [1.54, 1.807) is 79.9 Å². The fraction of sp³-hybridized carbons (Fsp3) is 0.143. The van der Waals surface area contributed by atoms with Crippen LogP contribution in [0, 0.1) is 11.3 Å². The number of nitrogens with zero attached hydrogens (tertiary/aromatic N) is 2. The lowest BCUT2D eigenvalue weighted by Gasteiger charge is -2.14. The number of nitriles is 1. The monoisotopic (exact) mass is 482 g/mol. The molecule has 0 spiro atoms. The van der Waals surface area contributed by atoms with Crippen LogP contribution < -0.4 is 14.2 Å². The van der Waals surface area contributed by atoms with Gasteiger partial charge in [0.25, 0.3) is 11.8 Å². The molecule has 4 rings (SSSR count). The van der Waals surface area contributed by atoms with Gasteiger partial charge in [0.05, 0.1) is 43.4 Å². The Morgan fingerprint density at radius 1 is 0.917 bits per heavy atom. The number of allylic oxidation sites excluding steroid dienone is 1. The standard InChI is InChI=1S/C28H22N2O6/c1-34-21-10-8-19(9-11-21)20(17-29)15-18-7-12-24(25(16-18)35-2)36-26(31)13-14-30-27(32)22-5-3-4-6-23(22)28(30)33/h3-12,15-16H,13-14H2,1-2H3/b20-15-. The maximum absolute atomic E-state index is 12.5. The second kappa shape index (κ2) is 10.6. The predicted molar refractivity (Wildman–Crippen MR) is 132 cm³/mol. The molecule has 3 aromatic carbocycles. The lowest BCUT2D eigenvalue weighted by Crippen LogP contribution is -2.32. The second-order valence-electron chi connectivity index (χ2n) is 7.84.